The second kappa shape index (κ2) is 6.57. The second-order valence-electron chi connectivity index (χ2n) is 4.92. The molecule has 1 aliphatic rings. The zero-order chi connectivity index (χ0) is 12.8. The molecule has 2 heterocycles. The first-order valence-electron chi connectivity index (χ1n) is 7.17. The zero-order valence-corrected chi connectivity index (χ0v) is 11.6. The summed E-state index contributed by atoms with van der Waals surface area (Å²) in [5, 5.41) is 0. The van der Waals surface area contributed by atoms with Crippen LogP contribution in [0.3, 0.4) is 0 Å². The lowest BCUT2D eigenvalue weighted by Gasteiger charge is -2.24. The van der Waals surface area contributed by atoms with E-state index in [1.165, 1.54) is 12.8 Å². The summed E-state index contributed by atoms with van der Waals surface area (Å²) in [6.07, 6.45) is 6.59. The van der Waals surface area contributed by atoms with Gasteiger partial charge in [0.05, 0.1) is 0 Å². The van der Waals surface area contributed by atoms with Gasteiger partial charge in [0.25, 0.3) is 0 Å². The van der Waals surface area contributed by atoms with Gasteiger partial charge in [0.1, 0.15) is 18.0 Å². The highest BCUT2D eigenvalue weighted by Crippen LogP contribution is 2.21. The standard InChI is InChI=1S/C14H24N4/c1-3-7-17(8-4-2)13-11-14(16-12-15-13)18-9-5-6-10-18/h11-12H,3-10H2,1-2H3. The molecule has 1 aliphatic heterocycles. The van der Waals surface area contributed by atoms with E-state index in [9.17, 15) is 0 Å². The molecule has 0 saturated carbocycles. The second-order valence-corrected chi connectivity index (χ2v) is 4.92. The van der Waals surface area contributed by atoms with Gasteiger partial charge in [0.2, 0.25) is 0 Å². The number of aromatic nitrogens is 2. The molecular formula is C14H24N4. The lowest BCUT2D eigenvalue weighted by molar-refractivity contribution is 0.731. The van der Waals surface area contributed by atoms with Crippen LogP contribution in [0.4, 0.5) is 11.6 Å². The van der Waals surface area contributed by atoms with Crippen molar-refractivity contribution in [3.05, 3.63) is 12.4 Å². The van der Waals surface area contributed by atoms with Gasteiger partial charge < -0.3 is 9.80 Å². The fourth-order valence-corrected chi connectivity index (χ4v) is 2.51. The molecule has 0 N–H and O–H groups in total. The van der Waals surface area contributed by atoms with Crippen molar-refractivity contribution in [3.63, 3.8) is 0 Å². The Kier molecular flexibility index (Phi) is 4.79. The summed E-state index contributed by atoms with van der Waals surface area (Å²) in [5.41, 5.74) is 0. The molecule has 0 amide bonds. The number of anilines is 2. The molecule has 1 fully saturated rings. The Morgan fingerprint density at radius 2 is 1.78 bits per heavy atom. The van der Waals surface area contributed by atoms with Gasteiger partial charge in [-0.1, -0.05) is 13.8 Å². The van der Waals surface area contributed by atoms with Crippen LogP contribution in [0, 0.1) is 0 Å². The molecular weight excluding hydrogens is 224 g/mol. The lowest BCUT2D eigenvalue weighted by Crippen LogP contribution is -2.27. The molecule has 2 rings (SSSR count). The molecule has 0 unspecified atom stereocenters. The van der Waals surface area contributed by atoms with Crippen molar-refractivity contribution < 1.29 is 0 Å². The Morgan fingerprint density at radius 3 is 2.39 bits per heavy atom. The van der Waals surface area contributed by atoms with Gasteiger partial charge in [-0.2, -0.15) is 0 Å². The van der Waals surface area contributed by atoms with E-state index >= 15 is 0 Å². The van der Waals surface area contributed by atoms with E-state index in [0.717, 1.165) is 50.7 Å². The zero-order valence-electron chi connectivity index (χ0n) is 11.6. The topological polar surface area (TPSA) is 32.3 Å². The number of hydrogen-bond acceptors (Lipinski definition) is 4. The highest BCUT2D eigenvalue weighted by atomic mass is 15.2. The average molecular weight is 248 g/mol. The van der Waals surface area contributed by atoms with Gasteiger partial charge in [-0.3, -0.25) is 0 Å². The molecule has 0 atom stereocenters. The summed E-state index contributed by atoms with van der Waals surface area (Å²) in [4.78, 5) is 13.6. The van der Waals surface area contributed by atoms with Gasteiger partial charge in [0, 0.05) is 32.2 Å². The Labute approximate surface area is 110 Å². The maximum Gasteiger partial charge on any atom is 0.134 e. The maximum absolute atomic E-state index is 4.44. The average Bonchev–Trinajstić information content (AvgIpc) is 2.93. The van der Waals surface area contributed by atoms with Crippen LogP contribution in [0.15, 0.2) is 12.4 Å². The van der Waals surface area contributed by atoms with Gasteiger partial charge >= 0.3 is 0 Å². The third kappa shape index (κ3) is 3.12. The molecule has 0 aromatic carbocycles. The first-order chi connectivity index (χ1) is 8.85. The van der Waals surface area contributed by atoms with Crippen molar-refractivity contribution >= 4 is 11.6 Å². The van der Waals surface area contributed by atoms with Crippen LogP contribution in [0.1, 0.15) is 39.5 Å². The Morgan fingerprint density at radius 1 is 1.11 bits per heavy atom. The van der Waals surface area contributed by atoms with Crippen LogP contribution in [0.2, 0.25) is 0 Å². The summed E-state index contributed by atoms with van der Waals surface area (Å²) in [6.45, 7) is 8.85. The van der Waals surface area contributed by atoms with E-state index in [1.54, 1.807) is 6.33 Å². The Balaban J connectivity index is 2.13. The molecule has 4 nitrogen and oxygen atoms in total. The van der Waals surface area contributed by atoms with Crippen LogP contribution >= 0.6 is 0 Å². The molecule has 18 heavy (non-hydrogen) atoms. The van der Waals surface area contributed by atoms with Crippen LogP contribution in [0.5, 0.6) is 0 Å². The summed E-state index contributed by atoms with van der Waals surface area (Å²) in [5.74, 6) is 2.17. The predicted octanol–water partition coefficient (Wildman–Crippen LogP) is 2.70. The maximum atomic E-state index is 4.44. The molecule has 1 aromatic heterocycles. The highest BCUT2D eigenvalue weighted by Gasteiger charge is 2.15. The molecule has 0 aliphatic carbocycles. The van der Waals surface area contributed by atoms with Crippen LogP contribution in [-0.4, -0.2) is 36.1 Å². The SMILES string of the molecule is CCCN(CCC)c1cc(N2CCCC2)ncn1. The van der Waals surface area contributed by atoms with Gasteiger partial charge in [-0.15, -0.1) is 0 Å². The van der Waals surface area contributed by atoms with Crippen LogP contribution in [0.25, 0.3) is 0 Å². The van der Waals surface area contributed by atoms with E-state index in [1.807, 2.05) is 0 Å². The predicted molar refractivity (Wildman–Crippen MR) is 76.3 cm³/mol. The summed E-state index contributed by atoms with van der Waals surface area (Å²) in [6, 6.07) is 2.15. The van der Waals surface area contributed by atoms with Gasteiger partial charge in [0.15, 0.2) is 0 Å². The molecule has 100 valence electrons. The Bertz CT molecular complexity index is 355. The van der Waals surface area contributed by atoms with E-state index in [-0.39, 0.29) is 0 Å². The van der Waals surface area contributed by atoms with Crippen molar-refractivity contribution in [1.29, 1.82) is 0 Å². The van der Waals surface area contributed by atoms with E-state index in [2.05, 4.69) is 39.7 Å². The minimum Gasteiger partial charge on any atom is -0.356 e. The number of rotatable bonds is 6. The van der Waals surface area contributed by atoms with Gasteiger partial charge in [-0.05, 0) is 25.7 Å². The van der Waals surface area contributed by atoms with Crippen molar-refractivity contribution in [2.45, 2.75) is 39.5 Å². The van der Waals surface area contributed by atoms with Crippen molar-refractivity contribution in [3.8, 4) is 0 Å². The smallest absolute Gasteiger partial charge is 0.134 e. The minimum atomic E-state index is 1.07. The first kappa shape index (κ1) is 13.1. The molecule has 1 saturated heterocycles. The van der Waals surface area contributed by atoms with Crippen molar-refractivity contribution in [2.24, 2.45) is 0 Å². The minimum absolute atomic E-state index is 1.07. The van der Waals surface area contributed by atoms with E-state index in [0.29, 0.717) is 0 Å². The van der Waals surface area contributed by atoms with E-state index < -0.39 is 0 Å². The van der Waals surface area contributed by atoms with Crippen LogP contribution in [-0.2, 0) is 0 Å². The van der Waals surface area contributed by atoms with Gasteiger partial charge in [-0.25, -0.2) is 9.97 Å². The fourth-order valence-electron chi connectivity index (χ4n) is 2.51. The monoisotopic (exact) mass is 248 g/mol. The van der Waals surface area contributed by atoms with E-state index in [4.69, 9.17) is 0 Å². The summed E-state index contributed by atoms with van der Waals surface area (Å²) < 4.78 is 0. The normalized spacial score (nSPS) is 15.1. The molecule has 0 spiro atoms. The third-order valence-electron chi connectivity index (χ3n) is 3.38. The third-order valence-corrected chi connectivity index (χ3v) is 3.38. The number of nitrogens with zero attached hydrogens (tertiary/aromatic N) is 4. The largest absolute Gasteiger partial charge is 0.356 e. The van der Waals surface area contributed by atoms with Crippen molar-refractivity contribution in [2.75, 3.05) is 36.0 Å². The molecule has 0 bridgehead atoms. The highest BCUT2D eigenvalue weighted by molar-refractivity contribution is 5.50. The fraction of sp³-hybridized carbons (Fsp3) is 0.714. The first-order valence-corrected chi connectivity index (χ1v) is 7.17. The quantitative estimate of drug-likeness (QED) is 0.775. The molecule has 1 aromatic rings. The summed E-state index contributed by atoms with van der Waals surface area (Å²) >= 11 is 0. The molecule has 4 heteroatoms. The molecule has 0 radical (unpaired) electrons. The Hall–Kier alpha value is -1.32. The summed E-state index contributed by atoms with van der Waals surface area (Å²) in [7, 11) is 0. The van der Waals surface area contributed by atoms with Crippen molar-refractivity contribution in [1.82, 2.24) is 9.97 Å². The number of hydrogen-bond donors (Lipinski definition) is 0. The van der Waals surface area contributed by atoms with Crippen LogP contribution < -0.4 is 9.80 Å². The lowest BCUT2D eigenvalue weighted by atomic mass is 10.3.